The molecule has 2 heterocycles. The van der Waals surface area contributed by atoms with Gasteiger partial charge in [0.1, 0.15) is 12.2 Å². The molecule has 0 radical (unpaired) electrons. The molecule has 0 aliphatic carbocycles. The molecule has 12 heteroatoms. The second-order valence-electron chi connectivity index (χ2n) is 8.90. The van der Waals surface area contributed by atoms with E-state index in [0.717, 1.165) is 15.7 Å². The molecule has 1 aliphatic rings. The molecule has 2 N–H and O–H groups in total. The van der Waals surface area contributed by atoms with Crippen LogP contribution in [-0.4, -0.2) is 45.7 Å². The molecule has 3 aromatic rings. The van der Waals surface area contributed by atoms with Crippen LogP contribution < -0.4 is 16.0 Å². The second kappa shape index (κ2) is 13.4. The molecule has 39 heavy (non-hydrogen) atoms. The number of benzene rings is 2. The zero-order valence-electron chi connectivity index (χ0n) is 21.4. The van der Waals surface area contributed by atoms with Gasteiger partial charge >= 0.3 is 11.0 Å². The van der Waals surface area contributed by atoms with Crippen molar-refractivity contribution >= 4 is 23.2 Å². The number of hydrogen-bond acceptors (Lipinski definition) is 9. The first-order chi connectivity index (χ1) is 18.8. The first kappa shape index (κ1) is 28.3. The van der Waals surface area contributed by atoms with E-state index in [9.17, 15) is 19.2 Å². The van der Waals surface area contributed by atoms with Gasteiger partial charge in [-0.25, -0.2) is 9.59 Å². The van der Waals surface area contributed by atoms with E-state index in [1.54, 1.807) is 6.92 Å². The zero-order valence-corrected chi connectivity index (χ0v) is 22.2. The van der Waals surface area contributed by atoms with E-state index in [0.29, 0.717) is 18.6 Å². The summed E-state index contributed by atoms with van der Waals surface area (Å²) in [6.07, 6.45) is -2.51. The lowest BCUT2D eigenvalue weighted by atomic mass is 10.1. The number of carbonyl (C=O) groups is 2. The third-order valence-corrected chi connectivity index (χ3v) is 6.55. The van der Waals surface area contributed by atoms with Crippen LogP contribution in [0.2, 0.25) is 0 Å². The van der Waals surface area contributed by atoms with Crippen LogP contribution in [0, 0.1) is 6.92 Å². The van der Waals surface area contributed by atoms with Crippen LogP contribution in [0.15, 0.2) is 76.4 Å². The van der Waals surface area contributed by atoms with Crippen molar-refractivity contribution in [1.82, 2.24) is 14.3 Å². The number of aromatic amines is 1. The summed E-state index contributed by atoms with van der Waals surface area (Å²) in [7, 11) is 0. The monoisotopic (exact) mass is 555 g/mol. The molecule has 2 aromatic carbocycles. The highest BCUT2D eigenvalue weighted by Crippen LogP contribution is 2.35. The van der Waals surface area contributed by atoms with Gasteiger partial charge < -0.3 is 18.9 Å². The van der Waals surface area contributed by atoms with Crippen molar-refractivity contribution in [1.29, 1.82) is 0 Å². The second-order valence-corrected chi connectivity index (χ2v) is 9.64. The maximum absolute atomic E-state index is 12.8. The Balaban J connectivity index is 1.62. The molecule has 0 bridgehead atoms. The number of amides is 1. The smallest absolute Gasteiger partial charge is 0.388 e. The molecule has 206 valence electrons. The van der Waals surface area contributed by atoms with E-state index in [2.05, 4.69) is 9.71 Å². The standard InChI is InChI=1S/C27H29N3O8S/c1-17-13-30(26(33)28-24(17)32)25-23(38-27(34)39-29-18(2)31)22(36-15-20-11-7-4-8-12-20)21(37-25)16-35-14-19-9-5-3-6-10-19/h3-13,21-23,25H,14-16H2,1-2H3,(H,29,31)(H,28,32,33)/t21-,22+,23-,25-/m1/s1. The average molecular weight is 556 g/mol. The summed E-state index contributed by atoms with van der Waals surface area (Å²) < 4.78 is 27.5. The van der Waals surface area contributed by atoms with Crippen molar-refractivity contribution in [3.8, 4) is 0 Å². The van der Waals surface area contributed by atoms with Gasteiger partial charge in [0.05, 0.1) is 31.8 Å². The largest absolute Gasteiger partial charge is 0.445 e. The molecule has 0 spiro atoms. The van der Waals surface area contributed by atoms with Crippen molar-refractivity contribution in [2.45, 2.75) is 51.6 Å². The molecule has 1 amide bonds. The molecular formula is C27H29N3O8S. The lowest BCUT2D eigenvalue weighted by Crippen LogP contribution is -2.42. The number of aryl methyl sites for hydroxylation is 1. The van der Waals surface area contributed by atoms with Crippen LogP contribution in [0.1, 0.15) is 29.8 Å². The van der Waals surface area contributed by atoms with Crippen molar-refractivity contribution in [2.75, 3.05) is 6.61 Å². The molecular weight excluding hydrogens is 526 g/mol. The number of aromatic nitrogens is 2. The van der Waals surface area contributed by atoms with E-state index in [1.165, 1.54) is 13.1 Å². The SMILES string of the molecule is CC(=O)NSC(=O)O[C@@H]1[C@@H](OCc2ccccc2)[C@@H](COCc2ccccc2)O[C@H]1n1cc(C)c(=O)[nH]c1=O. The lowest BCUT2D eigenvalue weighted by Gasteiger charge is -2.25. The number of ether oxygens (including phenoxy) is 4. The fourth-order valence-electron chi connectivity index (χ4n) is 4.05. The topological polar surface area (TPSA) is 138 Å². The minimum atomic E-state index is -1.14. The van der Waals surface area contributed by atoms with E-state index in [-0.39, 0.29) is 18.8 Å². The third kappa shape index (κ3) is 7.67. The molecule has 0 saturated carbocycles. The van der Waals surface area contributed by atoms with Gasteiger partial charge in [-0.2, -0.15) is 0 Å². The third-order valence-electron chi connectivity index (χ3n) is 5.89. The van der Waals surface area contributed by atoms with Gasteiger partial charge in [0, 0.05) is 18.7 Å². The minimum absolute atomic E-state index is 0.0643. The molecule has 0 unspecified atom stereocenters. The van der Waals surface area contributed by atoms with Crippen molar-refractivity contribution in [2.24, 2.45) is 0 Å². The Morgan fingerprint density at radius 1 is 1.00 bits per heavy atom. The zero-order chi connectivity index (χ0) is 27.8. The number of nitrogens with one attached hydrogen (secondary N) is 2. The molecule has 1 aliphatic heterocycles. The maximum atomic E-state index is 12.8. The Bertz CT molecular complexity index is 1380. The highest BCUT2D eigenvalue weighted by Gasteiger charge is 2.49. The summed E-state index contributed by atoms with van der Waals surface area (Å²) in [5, 5.41) is -0.822. The lowest BCUT2D eigenvalue weighted by molar-refractivity contribution is -0.117. The summed E-state index contributed by atoms with van der Waals surface area (Å²) >= 11 is 0.463. The Kier molecular flexibility index (Phi) is 9.71. The van der Waals surface area contributed by atoms with E-state index < -0.39 is 47.0 Å². The van der Waals surface area contributed by atoms with Gasteiger partial charge in [0.2, 0.25) is 5.91 Å². The highest BCUT2D eigenvalue weighted by molar-refractivity contribution is 8.12. The van der Waals surface area contributed by atoms with E-state index >= 15 is 0 Å². The van der Waals surface area contributed by atoms with Crippen LogP contribution in [0.4, 0.5) is 4.79 Å². The van der Waals surface area contributed by atoms with Crippen LogP contribution in [0.25, 0.3) is 0 Å². The predicted octanol–water partition coefficient (Wildman–Crippen LogP) is 2.83. The summed E-state index contributed by atoms with van der Waals surface area (Å²) in [5.74, 6) is -0.437. The van der Waals surface area contributed by atoms with Crippen molar-refractivity contribution in [3.05, 3.63) is 104 Å². The Morgan fingerprint density at radius 3 is 2.28 bits per heavy atom. The summed E-state index contributed by atoms with van der Waals surface area (Å²) in [6, 6.07) is 19.0. The summed E-state index contributed by atoms with van der Waals surface area (Å²) in [5.41, 5.74) is 0.819. The van der Waals surface area contributed by atoms with Crippen LogP contribution in [-0.2, 0) is 37.0 Å². The fourth-order valence-corrected chi connectivity index (χ4v) is 4.44. The van der Waals surface area contributed by atoms with Gasteiger partial charge in [-0.1, -0.05) is 60.7 Å². The molecule has 11 nitrogen and oxygen atoms in total. The quantitative estimate of drug-likeness (QED) is 0.301. The first-order valence-electron chi connectivity index (χ1n) is 12.2. The molecule has 1 aromatic heterocycles. The molecule has 1 saturated heterocycles. The van der Waals surface area contributed by atoms with Gasteiger partial charge in [-0.3, -0.25) is 23.9 Å². The van der Waals surface area contributed by atoms with Crippen molar-refractivity contribution < 1.29 is 28.5 Å². The number of H-pyrrole nitrogens is 1. The Morgan fingerprint density at radius 2 is 1.64 bits per heavy atom. The molecule has 4 atom stereocenters. The van der Waals surface area contributed by atoms with E-state index in [1.807, 2.05) is 60.7 Å². The predicted molar refractivity (Wildman–Crippen MR) is 143 cm³/mol. The normalized spacial score (nSPS) is 20.5. The van der Waals surface area contributed by atoms with Crippen LogP contribution >= 0.6 is 11.9 Å². The Hall–Kier alpha value is -3.71. The molecule has 1 fully saturated rings. The van der Waals surface area contributed by atoms with Gasteiger partial charge in [-0.15, -0.1) is 0 Å². The summed E-state index contributed by atoms with van der Waals surface area (Å²) in [4.78, 5) is 51.0. The van der Waals surface area contributed by atoms with Crippen LogP contribution in [0.3, 0.4) is 0 Å². The number of hydrogen-bond donors (Lipinski definition) is 2. The Labute approximate surface area is 228 Å². The van der Waals surface area contributed by atoms with Crippen molar-refractivity contribution in [3.63, 3.8) is 0 Å². The number of nitrogens with zero attached hydrogens (tertiary/aromatic N) is 1. The number of rotatable bonds is 9. The average Bonchev–Trinajstić information content (AvgIpc) is 3.25. The van der Waals surface area contributed by atoms with Gasteiger partial charge in [0.15, 0.2) is 12.3 Å². The fraction of sp³-hybridized carbons (Fsp3) is 0.333. The maximum Gasteiger partial charge on any atom is 0.388 e. The summed E-state index contributed by atoms with van der Waals surface area (Å²) in [6.45, 7) is 3.34. The van der Waals surface area contributed by atoms with Gasteiger partial charge in [-0.05, 0) is 18.1 Å². The minimum Gasteiger partial charge on any atom is -0.445 e. The number of carbonyl (C=O) groups excluding carboxylic acids is 2. The first-order valence-corrected chi connectivity index (χ1v) is 13.0. The van der Waals surface area contributed by atoms with Gasteiger partial charge in [0.25, 0.3) is 5.56 Å². The highest BCUT2D eigenvalue weighted by atomic mass is 32.2. The molecule has 4 rings (SSSR count). The van der Waals surface area contributed by atoms with E-state index in [4.69, 9.17) is 18.9 Å². The van der Waals surface area contributed by atoms with Crippen LogP contribution in [0.5, 0.6) is 0 Å².